The lowest BCUT2D eigenvalue weighted by Crippen LogP contribution is -2.47. The Morgan fingerprint density at radius 1 is 1.07 bits per heavy atom. The molecule has 4 nitrogen and oxygen atoms in total. The predicted octanol–water partition coefficient (Wildman–Crippen LogP) is 4.20. The van der Waals surface area contributed by atoms with Gasteiger partial charge in [-0.25, -0.2) is 0 Å². The lowest BCUT2D eigenvalue weighted by Gasteiger charge is -2.43. The molecule has 4 heterocycles. The molecule has 5 heteroatoms. The highest BCUT2D eigenvalue weighted by molar-refractivity contribution is 7.13. The van der Waals surface area contributed by atoms with Crippen LogP contribution in [-0.2, 0) is 13.1 Å². The van der Waals surface area contributed by atoms with Crippen LogP contribution in [0, 0.1) is 5.92 Å². The molecule has 0 amide bonds. The first kappa shape index (κ1) is 17.7. The number of fused-ring (bicyclic) bond motifs is 4. The molecule has 0 saturated carbocycles. The first-order valence-corrected chi connectivity index (χ1v) is 10.7. The Morgan fingerprint density at radius 3 is 2.68 bits per heavy atom. The Morgan fingerprint density at radius 2 is 1.93 bits per heavy atom. The second kappa shape index (κ2) is 7.22. The summed E-state index contributed by atoms with van der Waals surface area (Å²) in [5.41, 5.74) is 3.94. The van der Waals surface area contributed by atoms with Gasteiger partial charge in [0.05, 0.1) is 7.11 Å². The van der Waals surface area contributed by atoms with Crippen LogP contribution in [0.15, 0.2) is 58.7 Å². The third kappa shape index (κ3) is 3.19. The second-order valence-corrected chi connectivity index (χ2v) is 8.85. The number of likely N-dealkylation sites (tertiary alicyclic amines) is 1. The zero-order valence-electron chi connectivity index (χ0n) is 16.0. The molecule has 3 aromatic rings. The number of methoxy groups -OCH3 is 1. The van der Waals surface area contributed by atoms with Crippen molar-refractivity contribution in [3.05, 3.63) is 75.5 Å². The van der Waals surface area contributed by atoms with Gasteiger partial charge in [0.15, 0.2) is 0 Å². The predicted molar refractivity (Wildman–Crippen MR) is 113 cm³/mol. The third-order valence-electron chi connectivity index (χ3n) is 6.02. The van der Waals surface area contributed by atoms with Crippen LogP contribution in [0.25, 0.3) is 10.4 Å². The topological polar surface area (TPSA) is 34.5 Å². The fourth-order valence-corrected chi connectivity index (χ4v) is 5.63. The molecule has 5 rings (SSSR count). The van der Waals surface area contributed by atoms with Crippen molar-refractivity contribution in [1.82, 2.24) is 9.47 Å². The van der Waals surface area contributed by atoms with Gasteiger partial charge in [-0.15, -0.1) is 11.3 Å². The standard InChI is InChI=1S/C23H24N2O2S/c1-27-19-6-4-16(5-7-19)12-24-13-17-11-18(15-24)23-20(21-3-2-10-28-21)8-9-22(26)25(23)14-17/h2-10,17-18H,11-15H2,1H3/t17-,18+/m0/s1. The van der Waals surface area contributed by atoms with E-state index in [-0.39, 0.29) is 5.56 Å². The summed E-state index contributed by atoms with van der Waals surface area (Å²) >= 11 is 1.75. The molecule has 1 aromatic carbocycles. The summed E-state index contributed by atoms with van der Waals surface area (Å²) in [7, 11) is 1.70. The molecule has 144 valence electrons. The normalized spacial score (nSPS) is 21.3. The van der Waals surface area contributed by atoms with E-state index >= 15 is 0 Å². The molecule has 28 heavy (non-hydrogen) atoms. The molecule has 0 unspecified atom stereocenters. The van der Waals surface area contributed by atoms with E-state index in [0.717, 1.165) is 31.9 Å². The van der Waals surface area contributed by atoms with Gasteiger partial charge >= 0.3 is 0 Å². The maximum atomic E-state index is 12.6. The van der Waals surface area contributed by atoms with Gasteiger partial charge in [-0.05, 0) is 47.5 Å². The van der Waals surface area contributed by atoms with Gasteiger partial charge in [0.25, 0.3) is 5.56 Å². The molecule has 2 aromatic heterocycles. The number of rotatable bonds is 4. The summed E-state index contributed by atoms with van der Waals surface area (Å²) in [4.78, 5) is 16.4. The molecule has 1 fully saturated rings. The Labute approximate surface area is 169 Å². The lowest BCUT2D eigenvalue weighted by molar-refractivity contribution is 0.115. The number of nitrogens with zero attached hydrogens (tertiary/aromatic N) is 2. The Bertz CT molecular complexity index is 1020. The third-order valence-corrected chi connectivity index (χ3v) is 6.92. The van der Waals surface area contributed by atoms with E-state index in [1.165, 1.54) is 28.1 Å². The quantitative estimate of drug-likeness (QED) is 0.667. The van der Waals surface area contributed by atoms with Crippen LogP contribution in [0.5, 0.6) is 5.75 Å². The second-order valence-electron chi connectivity index (χ2n) is 7.90. The molecule has 0 spiro atoms. The van der Waals surface area contributed by atoms with E-state index in [4.69, 9.17) is 4.74 Å². The first-order valence-electron chi connectivity index (χ1n) is 9.84. The maximum absolute atomic E-state index is 12.6. The number of thiophene rings is 1. The van der Waals surface area contributed by atoms with Crippen molar-refractivity contribution in [2.75, 3.05) is 20.2 Å². The smallest absolute Gasteiger partial charge is 0.250 e. The van der Waals surface area contributed by atoms with Crippen LogP contribution in [-0.4, -0.2) is 29.7 Å². The molecule has 0 radical (unpaired) electrons. The van der Waals surface area contributed by atoms with Gasteiger partial charge in [0, 0.05) is 54.3 Å². The van der Waals surface area contributed by atoms with Gasteiger partial charge < -0.3 is 9.30 Å². The van der Waals surface area contributed by atoms with Crippen molar-refractivity contribution in [1.29, 1.82) is 0 Å². The summed E-state index contributed by atoms with van der Waals surface area (Å²) < 4.78 is 7.33. The van der Waals surface area contributed by atoms with E-state index in [2.05, 4.69) is 39.1 Å². The molecule has 2 bridgehead atoms. The summed E-state index contributed by atoms with van der Waals surface area (Å²) in [5.74, 6) is 1.85. The highest BCUT2D eigenvalue weighted by atomic mass is 32.1. The van der Waals surface area contributed by atoms with Crippen molar-refractivity contribution < 1.29 is 4.74 Å². The van der Waals surface area contributed by atoms with Crippen LogP contribution in [0.2, 0.25) is 0 Å². The zero-order chi connectivity index (χ0) is 19.1. The molecule has 2 aliphatic heterocycles. The molecule has 1 saturated heterocycles. The van der Waals surface area contributed by atoms with Crippen LogP contribution in [0.4, 0.5) is 0 Å². The van der Waals surface area contributed by atoms with Crippen molar-refractivity contribution >= 4 is 11.3 Å². The van der Waals surface area contributed by atoms with Crippen LogP contribution >= 0.6 is 11.3 Å². The van der Waals surface area contributed by atoms with E-state index in [1.807, 2.05) is 18.2 Å². The van der Waals surface area contributed by atoms with E-state index in [9.17, 15) is 4.79 Å². The summed E-state index contributed by atoms with van der Waals surface area (Å²) in [5, 5.41) is 2.11. The number of hydrogen-bond acceptors (Lipinski definition) is 4. The minimum atomic E-state index is 0.147. The van der Waals surface area contributed by atoms with Gasteiger partial charge in [-0.1, -0.05) is 18.2 Å². The number of ether oxygens (including phenoxy) is 1. The number of aromatic nitrogens is 1. The lowest BCUT2D eigenvalue weighted by atomic mass is 9.81. The van der Waals surface area contributed by atoms with Crippen molar-refractivity contribution in [3.63, 3.8) is 0 Å². The zero-order valence-corrected chi connectivity index (χ0v) is 16.8. The number of pyridine rings is 1. The van der Waals surface area contributed by atoms with Gasteiger partial charge in [0.1, 0.15) is 5.75 Å². The first-order chi connectivity index (χ1) is 13.7. The molecular weight excluding hydrogens is 368 g/mol. The van der Waals surface area contributed by atoms with Crippen molar-refractivity contribution in [3.8, 4) is 16.2 Å². The molecule has 0 N–H and O–H groups in total. The van der Waals surface area contributed by atoms with Gasteiger partial charge in [-0.3, -0.25) is 9.69 Å². The Kier molecular flexibility index (Phi) is 4.57. The number of hydrogen-bond donors (Lipinski definition) is 0. The summed E-state index contributed by atoms with van der Waals surface area (Å²) in [6, 6.07) is 16.4. The van der Waals surface area contributed by atoms with Crippen LogP contribution < -0.4 is 10.3 Å². The minimum absolute atomic E-state index is 0.147. The highest BCUT2D eigenvalue weighted by Crippen LogP contribution is 2.41. The minimum Gasteiger partial charge on any atom is -0.497 e. The highest BCUT2D eigenvalue weighted by Gasteiger charge is 2.36. The largest absolute Gasteiger partial charge is 0.497 e. The number of piperidine rings is 1. The van der Waals surface area contributed by atoms with Crippen LogP contribution in [0.1, 0.15) is 23.6 Å². The molecule has 2 aliphatic rings. The van der Waals surface area contributed by atoms with E-state index < -0.39 is 0 Å². The molecule has 2 atom stereocenters. The monoisotopic (exact) mass is 392 g/mol. The summed E-state index contributed by atoms with van der Waals surface area (Å²) in [6.07, 6.45) is 1.18. The Balaban J connectivity index is 1.45. The average Bonchev–Trinajstić information content (AvgIpc) is 3.24. The fraction of sp³-hybridized carbons (Fsp3) is 0.348. The Hall–Kier alpha value is -2.37. The molecular formula is C23H24N2O2S. The maximum Gasteiger partial charge on any atom is 0.250 e. The number of benzene rings is 1. The van der Waals surface area contributed by atoms with Crippen molar-refractivity contribution in [2.24, 2.45) is 5.92 Å². The molecule has 0 aliphatic carbocycles. The van der Waals surface area contributed by atoms with E-state index in [0.29, 0.717) is 11.8 Å². The average molecular weight is 393 g/mol. The fourth-order valence-electron chi connectivity index (χ4n) is 4.87. The van der Waals surface area contributed by atoms with E-state index in [1.54, 1.807) is 24.5 Å². The van der Waals surface area contributed by atoms with Gasteiger partial charge in [0.2, 0.25) is 0 Å². The van der Waals surface area contributed by atoms with Crippen molar-refractivity contribution in [2.45, 2.75) is 25.4 Å². The summed E-state index contributed by atoms with van der Waals surface area (Å²) in [6.45, 7) is 3.84. The van der Waals surface area contributed by atoms with Gasteiger partial charge in [-0.2, -0.15) is 0 Å². The van der Waals surface area contributed by atoms with Crippen LogP contribution in [0.3, 0.4) is 0 Å². The SMILES string of the molecule is COc1ccc(CN2C[C@@H]3C[C@H](C2)c2c(-c4cccs4)ccc(=O)n2C3)cc1.